The van der Waals surface area contributed by atoms with Crippen LogP contribution < -0.4 is 10.1 Å². The van der Waals surface area contributed by atoms with Gasteiger partial charge in [-0.1, -0.05) is 0 Å². The van der Waals surface area contributed by atoms with Crippen LogP contribution in [0, 0.1) is 0 Å². The van der Waals surface area contributed by atoms with E-state index in [1.807, 2.05) is 19.1 Å². The molecule has 1 aromatic carbocycles. The van der Waals surface area contributed by atoms with Crippen LogP contribution in [-0.2, 0) is 4.79 Å². The molecule has 1 aromatic rings. The molecule has 0 fully saturated rings. The standard InChI is InChI=1S/C11H13NO3/c1-6-10(11(13)14)8-5-7(15-2)3-4-9(8)12-6/h3-6,10,12H,1-2H3,(H,13,14). The minimum atomic E-state index is -0.804. The topological polar surface area (TPSA) is 58.6 Å². The van der Waals surface area contributed by atoms with Gasteiger partial charge in [0.1, 0.15) is 11.7 Å². The number of aliphatic carboxylic acids is 1. The lowest BCUT2D eigenvalue weighted by molar-refractivity contribution is -0.138. The molecule has 0 saturated heterocycles. The Labute approximate surface area is 87.9 Å². The summed E-state index contributed by atoms with van der Waals surface area (Å²) in [5, 5.41) is 12.3. The maximum Gasteiger partial charge on any atom is 0.313 e. The second kappa shape index (κ2) is 3.46. The summed E-state index contributed by atoms with van der Waals surface area (Å²) < 4.78 is 5.08. The third-order valence-corrected chi connectivity index (χ3v) is 2.74. The van der Waals surface area contributed by atoms with Gasteiger partial charge in [0.25, 0.3) is 0 Å². The summed E-state index contributed by atoms with van der Waals surface area (Å²) in [6, 6.07) is 5.38. The Hall–Kier alpha value is -1.71. The number of hydrogen-bond donors (Lipinski definition) is 2. The lowest BCUT2D eigenvalue weighted by atomic mass is 9.96. The zero-order chi connectivity index (χ0) is 11.0. The van der Waals surface area contributed by atoms with Gasteiger partial charge in [-0.25, -0.2) is 0 Å². The van der Waals surface area contributed by atoms with Gasteiger partial charge in [0.2, 0.25) is 0 Å². The molecule has 1 heterocycles. The first-order valence-electron chi connectivity index (χ1n) is 4.80. The number of hydrogen-bond acceptors (Lipinski definition) is 3. The van der Waals surface area contributed by atoms with Crippen LogP contribution in [0.25, 0.3) is 0 Å². The van der Waals surface area contributed by atoms with E-state index >= 15 is 0 Å². The van der Waals surface area contributed by atoms with Gasteiger partial charge in [-0.15, -0.1) is 0 Å². The highest BCUT2D eigenvalue weighted by Crippen LogP contribution is 2.38. The highest BCUT2D eigenvalue weighted by Gasteiger charge is 2.34. The van der Waals surface area contributed by atoms with Crippen molar-refractivity contribution in [3.05, 3.63) is 23.8 Å². The van der Waals surface area contributed by atoms with E-state index in [0.29, 0.717) is 5.75 Å². The minimum absolute atomic E-state index is 0.0791. The van der Waals surface area contributed by atoms with E-state index in [2.05, 4.69) is 5.32 Å². The number of carboxylic acids is 1. The molecule has 0 saturated carbocycles. The summed E-state index contributed by atoms with van der Waals surface area (Å²) in [4.78, 5) is 11.1. The largest absolute Gasteiger partial charge is 0.497 e. The second-order valence-corrected chi connectivity index (χ2v) is 3.70. The Morgan fingerprint density at radius 2 is 2.27 bits per heavy atom. The first-order valence-corrected chi connectivity index (χ1v) is 4.80. The number of ether oxygens (including phenoxy) is 1. The zero-order valence-corrected chi connectivity index (χ0v) is 8.65. The monoisotopic (exact) mass is 207 g/mol. The second-order valence-electron chi connectivity index (χ2n) is 3.70. The van der Waals surface area contributed by atoms with E-state index in [9.17, 15) is 4.79 Å². The number of methoxy groups -OCH3 is 1. The first kappa shape index (κ1) is 9.83. The van der Waals surface area contributed by atoms with Crippen LogP contribution in [0.5, 0.6) is 5.75 Å². The van der Waals surface area contributed by atoms with Gasteiger partial charge in [0.05, 0.1) is 7.11 Å². The molecule has 4 nitrogen and oxygen atoms in total. The van der Waals surface area contributed by atoms with Crippen molar-refractivity contribution in [3.8, 4) is 5.75 Å². The molecule has 2 rings (SSSR count). The van der Waals surface area contributed by atoms with Crippen LogP contribution in [-0.4, -0.2) is 24.2 Å². The van der Waals surface area contributed by atoms with E-state index < -0.39 is 11.9 Å². The summed E-state index contributed by atoms with van der Waals surface area (Å²) in [5.74, 6) is -0.604. The third-order valence-electron chi connectivity index (χ3n) is 2.74. The zero-order valence-electron chi connectivity index (χ0n) is 8.65. The molecule has 0 amide bonds. The van der Waals surface area contributed by atoms with Crippen LogP contribution in [0.3, 0.4) is 0 Å². The molecule has 15 heavy (non-hydrogen) atoms. The summed E-state index contributed by atoms with van der Waals surface area (Å²) in [5.41, 5.74) is 1.69. The predicted octanol–water partition coefficient (Wildman–Crippen LogP) is 1.68. The predicted molar refractivity (Wildman–Crippen MR) is 56.5 cm³/mol. The van der Waals surface area contributed by atoms with Crippen LogP contribution >= 0.6 is 0 Å². The van der Waals surface area contributed by atoms with E-state index in [-0.39, 0.29) is 6.04 Å². The SMILES string of the molecule is COc1ccc2c(c1)C(C(=O)O)C(C)N2. The average molecular weight is 207 g/mol. The molecule has 0 aliphatic carbocycles. The van der Waals surface area contributed by atoms with E-state index in [0.717, 1.165) is 11.3 Å². The van der Waals surface area contributed by atoms with Crippen molar-refractivity contribution in [2.75, 3.05) is 12.4 Å². The van der Waals surface area contributed by atoms with E-state index in [4.69, 9.17) is 9.84 Å². The van der Waals surface area contributed by atoms with Gasteiger partial charge < -0.3 is 15.2 Å². The van der Waals surface area contributed by atoms with E-state index in [1.165, 1.54) is 0 Å². The van der Waals surface area contributed by atoms with Crippen LogP contribution in [0.4, 0.5) is 5.69 Å². The maximum absolute atomic E-state index is 11.1. The Morgan fingerprint density at radius 1 is 1.53 bits per heavy atom. The number of anilines is 1. The minimum Gasteiger partial charge on any atom is -0.497 e. The molecule has 0 radical (unpaired) electrons. The lowest BCUT2D eigenvalue weighted by Crippen LogP contribution is -2.22. The highest BCUT2D eigenvalue weighted by molar-refractivity contribution is 5.83. The Balaban J connectivity index is 2.46. The molecular weight excluding hydrogens is 194 g/mol. The molecule has 1 aliphatic heterocycles. The summed E-state index contributed by atoms with van der Waals surface area (Å²) in [7, 11) is 1.57. The molecule has 0 bridgehead atoms. The number of carboxylic acid groups (broad SMARTS) is 1. The van der Waals surface area contributed by atoms with Crippen molar-refractivity contribution in [2.24, 2.45) is 0 Å². The van der Waals surface area contributed by atoms with Crippen LogP contribution in [0.1, 0.15) is 18.4 Å². The Bertz CT molecular complexity index is 403. The first-order chi connectivity index (χ1) is 7.13. The number of fused-ring (bicyclic) bond motifs is 1. The van der Waals surface area contributed by atoms with Crippen molar-refractivity contribution >= 4 is 11.7 Å². The molecule has 1 aliphatic rings. The lowest BCUT2D eigenvalue weighted by Gasteiger charge is -2.10. The van der Waals surface area contributed by atoms with Gasteiger partial charge in [-0.2, -0.15) is 0 Å². The third kappa shape index (κ3) is 1.52. The fourth-order valence-corrected chi connectivity index (χ4v) is 2.00. The number of rotatable bonds is 2. The fourth-order valence-electron chi connectivity index (χ4n) is 2.00. The van der Waals surface area contributed by atoms with Crippen LogP contribution in [0.2, 0.25) is 0 Å². The number of carbonyl (C=O) groups is 1. The van der Waals surface area contributed by atoms with E-state index in [1.54, 1.807) is 13.2 Å². The number of benzene rings is 1. The van der Waals surface area contributed by atoms with Crippen molar-refractivity contribution in [1.82, 2.24) is 0 Å². The Kier molecular flexibility index (Phi) is 2.26. The molecule has 2 unspecified atom stereocenters. The van der Waals surface area contributed by atoms with Crippen LogP contribution in [0.15, 0.2) is 18.2 Å². The molecule has 2 atom stereocenters. The van der Waals surface area contributed by atoms with Crippen molar-refractivity contribution in [3.63, 3.8) is 0 Å². The van der Waals surface area contributed by atoms with Gasteiger partial charge in [-0.05, 0) is 30.7 Å². The molecule has 2 N–H and O–H groups in total. The summed E-state index contributed by atoms with van der Waals surface area (Å²) in [6.45, 7) is 1.87. The molecule has 0 aromatic heterocycles. The molecule has 0 spiro atoms. The quantitative estimate of drug-likeness (QED) is 0.774. The van der Waals surface area contributed by atoms with Gasteiger partial charge >= 0.3 is 5.97 Å². The van der Waals surface area contributed by atoms with Gasteiger partial charge in [0.15, 0.2) is 0 Å². The highest BCUT2D eigenvalue weighted by atomic mass is 16.5. The van der Waals surface area contributed by atoms with Crippen molar-refractivity contribution < 1.29 is 14.6 Å². The normalized spacial score (nSPS) is 23.1. The number of nitrogens with one attached hydrogen (secondary N) is 1. The van der Waals surface area contributed by atoms with Crippen molar-refractivity contribution in [2.45, 2.75) is 18.9 Å². The smallest absolute Gasteiger partial charge is 0.313 e. The van der Waals surface area contributed by atoms with Crippen molar-refractivity contribution in [1.29, 1.82) is 0 Å². The van der Waals surface area contributed by atoms with Gasteiger partial charge in [-0.3, -0.25) is 4.79 Å². The Morgan fingerprint density at radius 3 is 2.87 bits per heavy atom. The molecular formula is C11H13NO3. The molecule has 80 valence electrons. The summed E-state index contributed by atoms with van der Waals surface area (Å²) >= 11 is 0. The fraction of sp³-hybridized carbons (Fsp3) is 0.364. The maximum atomic E-state index is 11.1. The van der Waals surface area contributed by atoms with Gasteiger partial charge in [0, 0.05) is 11.7 Å². The molecule has 4 heteroatoms. The average Bonchev–Trinajstić information content (AvgIpc) is 2.52. The summed E-state index contributed by atoms with van der Waals surface area (Å²) in [6.07, 6.45) is 0.